The van der Waals surface area contributed by atoms with Crippen molar-refractivity contribution in [1.82, 2.24) is 0 Å². The molecule has 3 nitrogen and oxygen atoms in total. The van der Waals surface area contributed by atoms with Gasteiger partial charge in [-0.05, 0) is 13.3 Å². The molecule has 0 aromatic rings. The van der Waals surface area contributed by atoms with Crippen molar-refractivity contribution in [3.63, 3.8) is 0 Å². The molecule has 0 saturated heterocycles. The molecule has 0 atom stereocenters. The molecule has 0 aromatic carbocycles. The molecule has 0 radical (unpaired) electrons. The number of carbonyl (C=O) groups excluding carboxylic acids is 2. The molecule has 84 valence electrons. The minimum atomic E-state index is -0.390. The van der Waals surface area contributed by atoms with E-state index in [1.54, 1.807) is 13.0 Å². The Balaban J connectivity index is 4.16. The average molecular weight is 275 g/mol. The maximum atomic E-state index is 11.3. The van der Waals surface area contributed by atoms with Gasteiger partial charge in [-0.25, -0.2) is 4.79 Å². The van der Waals surface area contributed by atoms with Crippen molar-refractivity contribution in [3.05, 3.63) is 24.3 Å². The van der Waals surface area contributed by atoms with Crippen molar-refractivity contribution < 1.29 is 14.3 Å². The molecule has 0 heterocycles. The van der Waals surface area contributed by atoms with E-state index in [1.165, 1.54) is 6.08 Å². The maximum absolute atomic E-state index is 11.3. The number of hydrogen-bond acceptors (Lipinski definition) is 3. The van der Waals surface area contributed by atoms with Crippen LogP contribution in [0.25, 0.3) is 0 Å². The second-order valence-electron chi connectivity index (χ2n) is 2.80. The molecule has 0 N–H and O–H groups in total. The summed E-state index contributed by atoms with van der Waals surface area (Å²) in [5.41, 5.74) is 0.416. The molecule has 0 amide bonds. The number of Topliss-reactive ketones (excluding diaryl/α,β-unsaturated/α-hetero) is 1. The van der Waals surface area contributed by atoms with E-state index in [0.29, 0.717) is 30.4 Å². The third-order valence-corrected chi connectivity index (χ3v) is 2.29. The van der Waals surface area contributed by atoms with Crippen LogP contribution in [0.4, 0.5) is 0 Å². The number of halogens is 1. The van der Waals surface area contributed by atoms with Gasteiger partial charge in [-0.2, -0.15) is 0 Å². The monoisotopic (exact) mass is 274 g/mol. The summed E-state index contributed by atoms with van der Waals surface area (Å²) in [6.45, 7) is 5.60. The van der Waals surface area contributed by atoms with Crippen molar-refractivity contribution in [3.8, 4) is 0 Å². The third-order valence-electron chi connectivity index (χ3n) is 1.67. The van der Waals surface area contributed by atoms with Crippen molar-refractivity contribution >= 4 is 27.7 Å². The number of hydrogen-bond donors (Lipinski definition) is 0. The number of ketones is 1. The highest BCUT2D eigenvalue weighted by molar-refractivity contribution is 9.09. The Morgan fingerprint density at radius 2 is 2.13 bits per heavy atom. The van der Waals surface area contributed by atoms with Crippen LogP contribution in [0.5, 0.6) is 0 Å². The summed E-state index contributed by atoms with van der Waals surface area (Å²) in [7, 11) is 0. The second-order valence-corrected chi connectivity index (χ2v) is 3.36. The van der Waals surface area contributed by atoms with E-state index >= 15 is 0 Å². The lowest BCUT2D eigenvalue weighted by atomic mass is 10.1. The molecule has 0 spiro atoms. The van der Waals surface area contributed by atoms with Crippen molar-refractivity contribution in [1.29, 1.82) is 0 Å². The first-order chi connectivity index (χ1) is 7.15. The van der Waals surface area contributed by atoms with Gasteiger partial charge in [-0.3, -0.25) is 4.79 Å². The fourth-order valence-corrected chi connectivity index (χ4v) is 1.20. The Morgan fingerprint density at radius 3 is 2.60 bits per heavy atom. The Morgan fingerprint density at radius 1 is 1.47 bits per heavy atom. The van der Waals surface area contributed by atoms with E-state index in [0.717, 1.165) is 0 Å². The molecular formula is C11H15BrO3. The third kappa shape index (κ3) is 6.23. The van der Waals surface area contributed by atoms with E-state index in [4.69, 9.17) is 4.74 Å². The SMILES string of the molecule is C=C/C(=C\CCC(=O)CBr)C(=O)OCC. The molecule has 15 heavy (non-hydrogen) atoms. The first kappa shape index (κ1) is 14.1. The molecule has 0 unspecified atom stereocenters. The van der Waals surface area contributed by atoms with E-state index in [9.17, 15) is 9.59 Å². The summed E-state index contributed by atoms with van der Waals surface area (Å²) in [5.74, 6) is -0.280. The lowest BCUT2D eigenvalue weighted by molar-refractivity contribution is -0.138. The van der Waals surface area contributed by atoms with Crippen LogP contribution in [-0.2, 0) is 14.3 Å². The topological polar surface area (TPSA) is 43.4 Å². The molecular weight excluding hydrogens is 260 g/mol. The summed E-state index contributed by atoms with van der Waals surface area (Å²) < 4.78 is 4.81. The van der Waals surface area contributed by atoms with Gasteiger partial charge in [0.05, 0.1) is 17.5 Å². The van der Waals surface area contributed by atoms with Crippen LogP contribution in [-0.4, -0.2) is 23.7 Å². The molecule has 0 aromatic heterocycles. The lowest BCUT2D eigenvalue weighted by Crippen LogP contribution is -2.06. The number of carbonyl (C=O) groups is 2. The highest BCUT2D eigenvalue weighted by atomic mass is 79.9. The summed E-state index contributed by atoms with van der Waals surface area (Å²) in [5, 5.41) is 0.351. The zero-order chi connectivity index (χ0) is 11.7. The van der Waals surface area contributed by atoms with Crippen molar-refractivity contribution in [2.75, 3.05) is 11.9 Å². The number of esters is 1. The first-order valence-corrected chi connectivity index (χ1v) is 5.85. The maximum Gasteiger partial charge on any atom is 0.337 e. The van der Waals surface area contributed by atoms with Gasteiger partial charge in [0.25, 0.3) is 0 Å². The molecule has 0 saturated carbocycles. The summed E-state index contributed by atoms with van der Waals surface area (Å²) in [6, 6.07) is 0. The fraction of sp³-hybridized carbons (Fsp3) is 0.455. The normalized spacial score (nSPS) is 10.9. The lowest BCUT2D eigenvalue weighted by Gasteiger charge is -2.01. The summed E-state index contributed by atoms with van der Waals surface area (Å²) in [4.78, 5) is 22.2. The summed E-state index contributed by atoms with van der Waals surface area (Å²) >= 11 is 3.07. The van der Waals surface area contributed by atoms with Gasteiger partial charge in [0.1, 0.15) is 5.78 Å². The molecule has 0 fully saturated rings. The number of ether oxygens (including phenoxy) is 1. The Kier molecular flexibility index (Phi) is 7.91. The minimum Gasteiger partial charge on any atom is -0.462 e. The Hall–Kier alpha value is -0.900. The predicted molar refractivity (Wildman–Crippen MR) is 62.9 cm³/mol. The fourth-order valence-electron chi connectivity index (χ4n) is 0.920. The quantitative estimate of drug-likeness (QED) is 0.310. The van der Waals surface area contributed by atoms with Gasteiger partial charge < -0.3 is 4.74 Å². The molecule has 0 aliphatic rings. The van der Waals surface area contributed by atoms with E-state index in [1.807, 2.05) is 0 Å². The van der Waals surface area contributed by atoms with Gasteiger partial charge in [0, 0.05) is 6.42 Å². The highest BCUT2D eigenvalue weighted by Crippen LogP contribution is 2.04. The zero-order valence-electron chi connectivity index (χ0n) is 8.79. The second kappa shape index (κ2) is 8.41. The highest BCUT2D eigenvalue weighted by Gasteiger charge is 2.06. The molecule has 0 aliphatic heterocycles. The summed E-state index contributed by atoms with van der Waals surface area (Å²) in [6.07, 6.45) is 4.06. The first-order valence-electron chi connectivity index (χ1n) is 4.73. The van der Waals surface area contributed by atoms with Crippen LogP contribution in [0.15, 0.2) is 24.3 Å². The van der Waals surface area contributed by atoms with Crippen LogP contribution in [0.2, 0.25) is 0 Å². The van der Waals surface area contributed by atoms with Crippen LogP contribution in [0.1, 0.15) is 19.8 Å². The van der Waals surface area contributed by atoms with E-state index < -0.39 is 5.97 Å². The van der Waals surface area contributed by atoms with Crippen LogP contribution < -0.4 is 0 Å². The standard InChI is InChI=1S/C11H15BrO3/c1-3-9(11(14)15-4-2)6-5-7-10(13)8-12/h3,6H,1,4-5,7-8H2,2H3/b9-6+. The molecule has 0 aliphatic carbocycles. The van der Waals surface area contributed by atoms with Crippen LogP contribution in [0.3, 0.4) is 0 Å². The smallest absolute Gasteiger partial charge is 0.337 e. The van der Waals surface area contributed by atoms with Crippen LogP contribution >= 0.6 is 15.9 Å². The van der Waals surface area contributed by atoms with E-state index in [2.05, 4.69) is 22.5 Å². The van der Waals surface area contributed by atoms with Gasteiger partial charge in [-0.15, -0.1) is 0 Å². The average Bonchev–Trinajstić information content (AvgIpc) is 2.24. The molecule has 0 bridgehead atoms. The number of rotatable bonds is 7. The Bertz CT molecular complexity index is 269. The minimum absolute atomic E-state index is 0.110. The Labute approximate surface area is 98.3 Å². The largest absolute Gasteiger partial charge is 0.462 e. The number of alkyl halides is 1. The molecule has 4 heteroatoms. The van der Waals surface area contributed by atoms with Gasteiger partial charge in [0.2, 0.25) is 0 Å². The number of allylic oxidation sites excluding steroid dienone is 1. The van der Waals surface area contributed by atoms with Crippen molar-refractivity contribution in [2.45, 2.75) is 19.8 Å². The molecule has 0 rings (SSSR count). The van der Waals surface area contributed by atoms with E-state index in [-0.39, 0.29) is 5.78 Å². The van der Waals surface area contributed by atoms with Crippen LogP contribution in [0, 0.1) is 0 Å². The van der Waals surface area contributed by atoms with Gasteiger partial charge in [0.15, 0.2) is 0 Å². The van der Waals surface area contributed by atoms with Crippen molar-refractivity contribution in [2.24, 2.45) is 0 Å². The zero-order valence-corrected chi connectivity index (χ0v) is 10.4. The van der Waals surface area contributed by atoms with Gasteiger partial charge in [-0.1, -0.05) is 34.7 Å². The van der Waals surface area contributed by atoms with Gasteiger partial charge >= 0.3 is 5.97 Å². The predicted octanol–water partition coefficient (Wildman–Crippen LogP) is 2.41.